The van der Waals surface area contributed by atoms with Crippen LogP contribution in [0.15, 0.2) is 18.2 Å². The molecule has 0 unspecified atom stereocenters. The minimum absolute atomic E-state index is 0.0469. The van der Waals surface area contributed by atoms with Crippen LogP contribution in [-0.2, 0) is 11.3 Å². The Balaban J connectivity index is 1.58. The smallest absolute Gasteiger partial charge is 0.0559 e. The summed E-state index contributed by atoms with van der Waals surface area (Å²) in [5, 5.41) is 11.3. The molecule has 0 bridgehead atoms. The highest BCUT2D eigenvalue weighted by molar-refractivity contribution is 5.85. The third-order valence-electron chi connectivity index (χ3n) is 5.90. The minimum atomic E-state index is -0.0469. The molecule has 1 aromatic heterocycles. The summed E-state index contributed by atoms with van der Waals surface area (Å²) in [6.45, 7) is 9.06. The van der Waals surface area contributed by atoms with Gasteiger partial charge in [0.25, 0.3) is 0 Å². The molecule has 2 aliphatic heterocycles. The second kappa shape index (κ2) is 5.62. The number of aryl methyl sites for hydroxylation is 2. The number of benzene rings is 1. The maximum Gasteiger partial charge on any atom is 0.0559 e. The summed E-state index contributed by atoms with van der Waals surface area (Å²) in [4.78, 5) is 6.08. The second-order valence-corrected chi connectivity index (χ2v) is 7.51. The molecule has 0 amide bonds. The van der Waals surface area contributed by atoms with E-state index < -0.39 is 0 Å². The van der Waals surface area contributed by atoms with Gasteiger partial charge in [-0.15, -0.1) is 0 Å². The highest BCUT2D eigenvalue weighted by atomic mass is 16.5. The van der Waals surface area contributed by atoms with Gasteiger partial charge in [0.15, 0.2) is 0 Å². The number of nitrogens with zero attached hydrogens (tertiary/aromatic N) is 1. The lowest BCUT2D eigenvalue weighted by Crippen LogP contribution is -2.42. The van der Waals surface area contributed by atoms with Gasteiger partial charge in [-0.2, -0.15) is 0 Å². The molecule has 3 heterocycles. The van der Waals surface area contributed by atoms with Crippen LogP contribution in [0.3, 0.4) is 0 Å². The van der Waals surface area contributed by atoms with E-state index in [1.807, 2.05) is 0 Å². The van der Waals surface area contributed by atoms with Crippen LogP contribution in [0.25, 0.3) is 10.9 Å². The molecule has 124 valence electrons. The highest BCUT2D eigenvalue weighted by Crippen LogP contribution is 2.41. The fourth-order valence-corrected chi connectivity index (χ4v) is 4.43. The van der Waals surface area contributed by atoms with Gasteiger partial charge in [-0.25, -0.2) is 0 Å². The van der Waals surface area contributed by atoms with Gasteiger partial charge in [0, 0.05) is 48.3 Å². The number of rotatable bonds is 3. The summed E-state index contributed by atoms with van der Waals surface area (Å²) in [6.07, 6.45) is 1.07. The normalized spacial score (nSPS) is 28.4. The van der Waals surface area contributed by atoms with E-state index in [2.05, 4.69) is 41.9 Å². The molecule has 2 aliphatic rings. The van der Waals surface area contributed by atoms with Crippen LogP contribution in [-0.4, -0.2) is 47.9 Å². The lowest BCUT2D eigenvalue weighted by molar-refractivity contribution is -0.0561. The molecule has 4 rings (SSSR count). The largest absolute Gasteiger partial charge is 0.396 e. The molecule has 2 aromatic rings. The van der Waals surface area contributed by atoms with Gasteiger partial charge >= 0.3 is 0 Å². The molecule has 0 saturated carbocycles. The van der Waals surface area contributed by atoms with E-state index in [9.17, 15) is 5.11 Å². The van der Waals surface area contributed by atoms with Crippen molar-refractivity contribution in [2.24, 2.45) is 11.3 Å². The zero-order valence-corrected chi connectivity index (χ0v) is 14.1. The zero-order chi connectivity index (χ0) is 16.0. The van der Waals surface area contributed by atoms with Gasteiger partial charge in [-0.3, -0.25) is 4.90 Å². The number of aliphatic hydroxyl groups excluding tert-OH is 1. The number of aliphatic hydroxyl groups is 1. The number of hydrogen-bond acceptors (Lipinski definition) is 3. The molecule has 2 fully saturated rings. The summed E-state index contributed by atoms with van der Waals surface area (Å²) in [6, 6.07) is 6.59. The van der Waals surface area contributed by atoms with Crippen molar-refractivity contribution in [3.63, 3.8) is 0 Å². The van der Waals surface area contributed by atoms with E-state index in [0.29, 0.717) is 12.5 Å². The maximum absolute atomic E-state index is 9.92. The van der Waals surface area contributed by atoms with Crippen LogP contribution < -0.4 is 0 Å². The number of nitrogens with one attached hydrogen (secondary N) is 1. The van der Waals surface area contributed by atoms with Crippen molar-refractivity contribution >= 4 is 10.9 Å². The molecule has 0 aliphatic carbocycles. The first-order chi connectivity index (χ1) is 11.1. The van der Waals surface area contributed by atoms with E-state index >= 15 is 0 Å². The Morgan fingerprint density at radius 1 is 1.39 bits per heavy atom. The Kier molecular flexibility index (Phi) is 3.71. The predicted molar refractivity (Wildman–Crippen MR) is 91.5 cm³/mol. The first-order valence-corrected chi connectivity index (χ1v) is 8.60. The minimum Gasteiger partial charge on any atom is -0.396 e. The van der Waals surface area contributed by atoms with E-state index in [1.165, 1.54) is 27.7 Å². The van der Waals surface area contributed by atoms with Crippen molar-refractivity contribution in [2.45, 2.75) is 26.8 Å². The molecule has 23 heavy (non-hydrogen) atoms. The first kappa shape index (κ1) is 15.2. The molecule has 2 N–H and O–H groups in total. The summed E-state index contributed by atoms with van der Waals surface area (Å²) in [5.74, 6) is 0.563. The van der Waals surface area contributed by atoms with Gasteiger partial charge in [0.1, 0.15) is 0 Å². The lowest BCUT2D eigenvalue weighted by atomic mass is 9.76. The number of likely N-dealkylation sites (tertiary alicyclic amines) is 1. The van der Waals surface area contributed by atoms with E-state index in [4.69, 9.17) is 4.74 Å². The van der Waals surface area contributed by atoms with Crippen molar-refractivity contribution < 1.29 is 9.84 Å². The van der Waals surface area contributed by atoms with Gasteiger partial charge in [0.05, 0.1) is 13.2 Å². The molecular formula is C19H26N2O2. The molecule has 4 heteroatoms. The molecule has 1 aromatic carbocycles. The Hall–Kier alpha value is -1.36. The highest BCUT2D eigenvalue weighted by Gasteiger charge is 2.48. The summed E-state index contributed by atoms with van der Waals surface area (Å²) in [7, 11) is 0. The second-order valence-electron chi connectivity index (χ2n) is 7.51. The number of H-pyrrole nitrogens is 1. The summed E-state index contributed by atoms with van der Waals surface area (Å²) >= 11 is 0. The number of aromatic amines is 1. The summed E-state index contributed by atoms with van der Waals surface area (Å²) in [5.41, 5.74) is 5.13. The molecule has 4 nitrogen and oxygen atoms in total. The fraction of sp³-hybridized carbons (Fsp3) is 0.579. The number of ether oxygens (including phenoxy) is 1. The monoisotopic (exact) mass is 314 g/mol. The van der Waals surface area contributed by atoms with Gasteiger partial charge in [-0.1, -0.05) is 11.6 Å². The van der Waals surface area contributed by atoms with E-state index in [-0.39, 0.29) is 12.0 Å². The Morgan fingerprint density at radius 2 is 2.26 bits per heavy atom. The summed E-state index contributed by atoms with van der Waals surface area (Å²) < 4.78 is 5.67. The van der Waals surface area contributed by atoms with Crippen molar-refractivity contribution in [3.05, 3.63) is 35.0 Å². The molecule has 2 saturated heterocycles. The van der Waals surface area contributed by atoms with E-state index in [0.717, 1.165) is 32.7 Å². The van der Waals surface area contributed by atoms with Crippen LogP contribution in [0.2, 0.25) is 0 Å². The standard InChI is InChI=1S/C19H26N2O2/c1-13-3-4-17-16(7-13)14(2)18(20-17)9-21-8-15-5-6-23-12-19(15,10-21)11-22/h3-4,7,15,20,22H,5-6,8-12H2,1-2H3/t15-,19+/m0/s1. The third-order valence-corrected chi connectivity index (χ3v) is 5.90. The Labute approximate surface area is 137 Å². The van der Waals surface area contributed by atoms with Crippen LogP contribution in [0.1, 0.15) is 23.2 Å². The van der Waals surface area contributed by atoms with Gasteiger partial charge in [-0.05, 0) is 43.9 Å². The zero-order valence-electron chi connectivity index (χ0n) is 14.1. The number of fused-ring (bicyclic) bond motifs is 2. The van der Waals surface area contributed by atoms with Crippen molar-refractivity contribution in [3.8, 4) is 0 Å². The van der Waals surface area contributed by atoms with Gasteiger partial charge in [0.2, 0.25) is 0 Å². The molecule has 2 atom stereocenters. The first-order valence-electron chi connectivity index (χ1n) is 8.60. The maximum atomic E-state index is 9.92. The number of hydrogen-bond donors (Lipinski definition) is 2. The van der Waals surface area contributed by atoms with Crippen LogP contribution in [0, 0.1) is 25.2 Å². The average molecular weight is 314 g/mol. The lowest BCUT2D eigenvalue weighted by Gasteiger charge is -2.36. The van der Waals surface area contributed by atoms with Gasteiger partial charge < -0.3 is 14.8 Å². The predicted octanol–water partition coefficient (Wildman–Crippen LogP) is 2.62. The van der Waals surface area contributed by atoms with Crippen molar-refractivity contribution in [1.29, 1.82) is 0 Å². The fourth-order valence-electron chi connectivity index (χ4n) is 4.43. The Bertz CT molecular complexity index is 723. The molecular weight excluding hydrogens is 288 g/mol. The molecule has 0 radical (unpaired) electrons. The third kappa shape index (κ3) is 2.49. The SMILES string of the molecule is Cc1ccc2[nH]c(CN3C[C@@H]4CCOC[C@]4(CO)C3)c(C)c2c1. The number of aromatic nitrogens is 1. The molecule has 0 spiro atoms. The quantitative estimate of drug-likeness (QED) is 0.915. The van der Waals surface area contributed by atoms with E-state index in [1.54, 1.807) is 0 Å². The Morgan fingerprint density at radius 3 is 3.04 bits per heavy atom. The van der Waals surface area contributed by atoms with Crippen molar-refractivity contribution in [2.75, 3.05) is 32.9 Å². The topological polar surface area (TPSA) is 48.5 Å². The van der Waals surface area contributed by atoms with Crippen LogP contribution in [0.4, 0.5) is 0 Å². The van der Waals surface area contributed by atoms with Crippen LogP contribution >= 0.6 is 0 Å². The van der Waals surface area contributed by atoms with Crippen molar-refractivity contribution in [1.82, 2.24) is 9.88 Å². The van der Waals surface area contributed by atoms with Crippen LogP contribution in [0.5, 0.6) is 0 Å². The average Bonchev–Trinajstić information content (AvgIpc) is 3.07.